The highest BCUT2D eigenvalue weighted by atomic mass is 79.9. The number of nitrogens with one attached hydrogen (secondary N) is 2. The predicted octanol–water partition coefficient (Wildman–Crippen LogP) is 2.28. The quantitative estimate of drug-likeness (QED) is 0.593. The van der Waals surface area contributed by atoms with Crippen LogP contribution in [0, 0.1) is 0 Å². The number of hydrogen-bond acceptors (Lipinski definition) is 6. The first-order valence-corrected chi connectivity index (χ1v) is 5.93. The lowest BCUT2D eigenvalue weighted by Gasteiger charge is -2.11. The van der Waals surface area contributed by atoms with E-state index in [9.17, 15) is 0 Å². The summed E-state index contributed by atoms with van der Waals surface area (Å²) in [6, 6.07) is 7.55. The molecule has 0 saturated carbocycles. The average Bonchev–Trinajstić information content (AvgIpc) is 2.42. The molecule has 2 aromatic rings. The fourth-order valence-electron chi connectivity index (χ4n) is 1.40. The molecule has 18 heavy (non-hydrogen) atoms. The Morgan fingerprint density at radius 2 is 2.11 bits per heavy atom. The summed E-state index contributed by atoms with van der Waals surface area (Å²) < 4.78 is 5.98. The van der Waals surface area contributed by atoms with Crippen LogP contribution in [0.2, 0.25) is 0 Å². The zero-order valence-electron chi connectivity index (χ0n) is 9.64. The number of anilines is 3. The van der Waals surface area contributed by atoms with Crippen LogP contribution < -0.4 is 21.3 Å². The van der Waals surface area contributed by atoms with Crippen LogP contribution in [0.25, 0.3) is 0 Å². The van der Waals surface area contributed by atoms with Gasteiger partial charge in [-0.05, 0) is 28.1 Å². The molecule has 0 aliphatic rings. The molecule has 0 spiro atoms. The summed E-state index contributed by atoms with van der Waals surface area (Å²) in [4.78, 5) is 8.18. The van der Waals surface area contributed by atoms with Gasteiger partial charge in [-0.15, -0.1) is 0 Å². The van der Waals surface area contributed by atoms with Crippen LogP contribution in [0.3, 0.4) is 0 Å². The van der Waals surface area contributed by atoms with Gasteiger partial charge in [0.2, 0.25) is 5.95 Å². The SMILES string of the molecule is COc1ccccc1Nc1nc(NN)ncc1Br. The maximum Gasteiger partial charge on any atom is 0.239 e. The van der Waals surface area contributed by atoms with Gasteiger partial charge in [0.05, 0.1) is 17.3 Å². The van der Waals surface area contributed by atoms with E-state index in [2.05, 4.69) is 36.6 Å². The van der Waals surface area contributed by atoms with Crippen molar-refractivity contribution < 1.29 is 4.74 Å². The molecule has 0 aliphatic heterocycles. The van der Waals surface area contributed by atoms with Gasteiger partial charge in [0.15, 0.2) is 5.82 Å². The van der Waals surface area contributed by atoms with Gasteiger partial charge >= 0.3 is 0 Å². The van der Waals surface area contributed by atoms with Crippen LogP contribution >= 0.6 is 15.9 Å². The number of halogens is 1. The summed E-state index contributed by atoms with van der Waals surface area (Å²) in [5.41, 5.74) is 3.20. The minimum absolute atomic E-state index is 0.329. The number of ether oxygens (including phenoxy) is 1. The third-order valence-electron chi connectivity index (χ3n) is 2.23. The number of nitrogen functional groups attached to an aromatic ring is 1. The molecule has 94 valence electrons. The Bertz CT molecular complexity index is 549. The molecule has 0 saturated heterocycles. The topological polar surface area (TPSA) is 85.1 Å². The van der Waals surface area contributed by atoms with Gasteiger partial charge in [-0.1, -0.05) is 12.1 Å². The average molecular weight is 310 g/mol. The van der Waals surface area contributed by atoms with Gasteiger partial charge in [0.25, 0.3) is 0 Å². The molecule has 0 atom stereocenters. The second-order valence-electron chi connectivity index (χ2n) is 3.36. The number of para-hydroxylation sites is 2. The zero-order chi connectivity index (χ0) is 13.0. The molecule has 2 rings (SSSR count). The van der Waals surface area contributed by atoms with Crippen molar-refractivity contribution in [2.75, 3.05) is 17.9 Å². The molecule has 0 unspecified atom stereocenters. The maximum absolute atomic E-state index is 5.28. The van der Waals surface area contributed by atoms with E-state index >= 15 is 0 Å². The fourth-order valence-corrected chi connectivity index (χ4v) is 1.69. The molecule has 7 heteroatoms. The molecule has 1 aromatic heterocycles. The van der Waals surface area contributed by atoms with E-state index in [-0.39, 0.29) is 0 Å². The molecule has 0 amide bonds. The lowest BCUT2D eigenvalue weighted by molar-refractivity contribution is 0.417. The molecule has 0 radical (unpaired) electrons. The Balaban J connectivity index is 2.33. The van der Waals surface area contributed by atoms with Gasteiger partial charge in [0.1, 0.15) is 5.75 Å². The van der Waals surface area contributed by atoms with Crippen LogP contribution in [-0.2, 0) is 0 Å². The standard InChI is InChI=1S/C11H12BrN5O/c1-18-9-5-3-2-4-8(9)15-10-7(12)6-14-11(16-10)17-13/h2-6H,13H2,1H3,(H2,14,15,16,17). The molecule has 1 aromatic carbocycles. The largest absolute Gasteiger partial charge is 0.495 e. The Labute approximate surface area is 113 Å². The summed E-state index contributed by atoms with van der Waals surface area (Å²) in [5, 5.41) is 3.15. The Morgan fingerprint density at radius 1 is 1.33 bits per heavy atom. The Morgan fingerprint density at radius 3 is 2.83 bits per heavy atom. The minimum atomic E-state index is 0.329. The number of aromatic nitrogens is 2. The van der Waals surface area contributed by atoms with Crippen molar-refractivity contribution in [2.24, 2.45) is 5.84 Å². The van der Waals surface area contributed by atoms with Crippen molar-refractivity contribution >= 4 is 33.4 Å². The monoisotopic (exact) mass is 309 g/mol. The second kappa shape index (κ2) is 5.65. The second-order valence-corrected chi connectivity index (χ2v) is 4.21. The number of methoxy groups -OCH3 is 1. The molecule has 0 bridgehead atoms. The van der Waals surface area contributed by atoms with E-state index in [0.29, 0.717) is 11.8 Å². The van der Waals surface area contributed by atoms with E-state index in [4.69, 9.17) is 10.6 Å². The lowest BCUT2D eigenvalue weighted by Crippen LogP contribution is -2.11. The first-order chi connectivity index (χ1) is 8.74. The molecular weight excluding hydrogens is 298 g/mol. The maximum atomic E-state index is 5.28. The van der Waals surface area contributed by atoms with Crippen LogP contribution in [0.15, 0.2) is 34.9 Å². The molecule has 0 aliphatic carbocycles. The summed E-state index contributed by atoms with van der Waals surface area (Å²) in [6.45, 7) is 0. The van der Waals surface area contributed by atoms with Crippen molar-refractivity contribution in [1.29, 1.82) is 0 Å². The molecular formula is C11H12BrN5O. The third kappa shape index (κ3) is 2.69. The summed E-state index contributed by atoms with van der Waals surface area (Å²) >= 11 is 3.37. The molecule has 4 N–H and O–H groups in total. The smallest absolute Gasteiger partial charge is 0.239 e. The molecule has 1 heterocycles. The van der Waals surface area contributed by atoms with Crippen molar-refractivity contribution in [3.63, 3.8) is 0 Å². The number of rotatable bonds is 4. The number of nitrogens with zero attached hydrogens (tertiary/aromatic N) is 2. The van der Waals surface area contributed by atoms with Gasteiger partial charge in [-0.3, -0.25) is 5.43 Å². The van der Waals surface area contributed by atoms with Crippen molar-refractivity contribution in [3.8, 4) is 5.75 Å². The summed E-state index contributed by atoms with van der Waals surface area (Å²) in [7, 11) is 1.61. The Hall–Kier alpha value is -1.86. The summed E-state index contributed by atoms with van der Waals surface area (Å²) in [5.74, 6) is 6.93. The van der Waals surface area contributed by atoms with E-state index in [1.54, 1.807) is 13.3 Å². The summed E-state index contributed by atoms with van der Waals surface area (Å²) in [6.07, 6.45) is 1.61. The fraction of sp³-hybridized carbons (Fsp3) is 0.0909. The van der Waals surface area contributed by atoms with E-state index in [1.165, 1.54) is 0 Å². The normalized spacial score (nSPS) is 9.94. The first-order valence-electron chi connectivity index (χ1n) is 5.14. The van der Waals surface area contributed by atoms with Crippen LogP contribution in [0.4, 0.5) is 17.5 Å². The minimum Gasteiger partial charge on any atom is -0.495 e. The van der Waals surface area contributed by atoms with Gasteiger partial charge in [-0.2, -0.15) is 4.98 Å². The van der Waals surface area contributed by atoms with Crippen molar-refractivity contribution in [2.45, 2.75) is 0 Å². The van der Waals surface area contributed by atoms with Crippen molar-refractivity contribution in [1.82, 2.24) is 9.97 Å². The van der Waals surface area contributed by atoms with Crippen LogP contribution in [0.5, 0.6) is 5.75 Å². The van der Waals surface area contributed by atoms with E-state index in [1.807, 2.05) is 24.3 Å². The van der Waals surface area contributed by atoms with Gasteiger partial charge < -0.3 is 10.1 Å². The number of hydrazine groups is 1. The number of nitrogens with two attached hydrogens (primary N) is 1. The van der Waals surface area contributed by atoms with Crippen molar-refractivity contribution in [3.05, 3.63) is 34.9 Å². The van der Waals surface area contributed by atoms with E-state index in [0.717, 1.165) is 15.9 Å². The van der Waals surface area contributed by atoms with Gasteiger partial charge in [0, 0.05) is 6.20 Å². The predicted molar refractivity (Wildman–Crippen MR) is 73.8 cm³/mol. The highest BCUT2D eigenvalue weighted by Crippen LogP contribution is 2.29. The van der Waals surface area contributed by atoms with E-state index < -0.39 is 0 Å². The lowest BCUT2D eigenvalue weighted by atomic mass is 10.3. The molecule has 0 fully saturated rings. The van der Waals surface area contributed by atoms with Crippen LogP contribution in [-0.4, -0.2) is 17.1 Å². The van der Waals surface area contributed by atoms with Gasteiger partial charge in [-0.25, -0.2) is 10.8 Å². The van der Waals surface area contributed by atoms with Crippen LogP contribution in [0.1, 0.15) is 0 Å². The Kier molecular flexibility index (Phi) is 3.96. The molecule has 6 nitrogen and oxygen atoms in total. The first kappa shape index (κ1) is 12.6. The highest BCUT2D eigenvalue weighted by molar-refractivity contribution is 9.10. The zero-order valence-corrected chi connectivity index (χ0v) is 11.2. The number of benzene rings is 1. The number of hydrogen-bond donors (Lipinski definition) is 3. The third-order valence-corrected chi connectivity index (χ3v) is 2.81. The highest BCUT2D eigenvalue weighted by Gasteiger charge is 2.07.